The van der Waals surface area contributed by atoms with Crippen molar-refractivity contribution in [3.63, 3.8) is 0 Å². The number of hydrogen-bond donors (Lipinski definition) is 1. The first kappa shape index (κ1) is 16.0. The van der Waals surface area contributed by atoms with E-state index in [0.717, 1.165) is 24.8 Å². The number of carbonyl (C=O) groups excluding carboxylic acids is 1. The van der Waals surface area contributed by atoms with Gasteiger partial charge in [0.2, 0.25) is 5.91 Å². The van der Waals surface area contributed by atoms with Gasteiger partial charge in [0, 0.05) is 6.54 Å². The molecule has 0 spiro atoms. The summed E-state index contributed by atoms with van der Waals surface area (Å²) in [5.74, 6) is -0.750. The summed E-state index contributed by atoms with van der Waals surface area (Å²) in [4.78, 5) is 11.8. The van der Waals surface area contributed by atoms with Gasteiger partial charge >= 0.3 is 0 Å². The lowest BCUT2D eigenvalue weighted by Gasteiger charge is -2.11. The van der Waals surface area contributed by atoms with Crippen molar-refractivity contribution in [1.29, 1.82) is 0 Å². The zero-order valence-corrected chi connectivity index (χ0v) is 13.3. The molecule has 1 aromatic rings. The molecule has 0 heterocycles. The maximum Gasteiger partial charge on any atom is 0.235 e. The molecule has 0 bridgehead atoms. The van der Waals surface area contributed by atoms with E-state index in [1.165, 1.54) is 5.56 Å². The van der Waals surface area contributed by atoms with Gasteiger partial charge in [-0.25, -0.2) is 8.42 Å². The van der Waals surface area contributed by atoms with Crippen molar-refractivity contribution in [3.8, 4) is 0 Å². The Labute approximate surface area is 126 Å². The highest BCUT2D eigenvalue weighted by Crippen LogP contribution is 2.25. The van der Waals surface area contributed by atoms with Gasteiger partial charge < -0.3 is 5.32 Å². The number of benzene rings is 1. The average molecular weight is 309 g/mol. The third-order valence-corrected chi connectivity index (χ3v) is 6.11. The Morgan fingerprint density at radius 1 is 1.29 bits per heavy atom. The van der Waals surface area contributed by atoms with E-state index < -0.39 is 9.84 Å². The molecule has 5 heteroatoms. The molecule has 4 nitrogen and oxygen atoms in total. The van der Waals surface area contributed by atoms with E-state index in [9.17, 15) is 13.2 Å². The van der Waals surface area contributed by atoms with E-state index >= 15 is 0 Å². The van der Waals surface area contributed by atoms with Crippen molar-refractivity contribution in [1.82, 2.24) is 5.32 Å². The molecule has 0 aliphatic heterocycles. The van der Waals surface area contributed by atoms with Crippen molar-refractivity contribution in [2.45, 2.75) is 44.3 Å². The molecule has 0 saturated heterocycles. The van der Waals surface area contributed by atoms with Gasteiger partial charge in [-0.05, 0) is 31.7 Å². The summed E-state index contributed by atoms with van der Waals surface area (Å²) < 4.78 is 24.1. The van der Waals surface area contributed by atoms with Crippen LogP contribution in [-0.2, 0) is 21.1 Å². The second-order valence-electron chi connectivity index (χ2n) is 5.80. The molecule has 2 rings (SSSR count). The minimum atomic E-state index is -3.27. The standard InChI is InChI=1S/C16H23NO3S/c1-13-5-4-6-14(11-13)9-10-17-16(18)12-21(19,20)15-7-2-3-8-15/h4-6,11,15H,2-3,7-10,12H2,1H3,(H,17,18). The minimum Gasteiger partial charge on any atom is -0.355 e. The lowest BCUT2D eigenvalue weighted by atomic mass is 10.1. The molecule has 21 heavy (non-hydrogen) atoms. The number of aryl methyl sites for hydroxylation is 1. The third-order valence-electron chi connectivity index (χ3n) is 3.96. The Balaban J connectivity index is 1.77. The van der Waals surface area contributed by atoms with Gasteiger partial charge in [0.15, 0.2) is 9.84 Å². The summed E-state index contributed by atoms with van der Waals surface area (Å²) in [6.07, 6.45) is 4.05. The van der Waals surface area contributed by atoms with Crippen LogP contribution in [0.1, 0.15) is 36.8 Å². The van der Waals surface area contributed by atoms with Gasteiger partial charge in [-0.3, -0.25) is 4.79 Å². The Hall–Kier alpha value is -1.36. The summed E-state index contributed by atoms with van der Waals surface area (Å²) >= 11 is 0. The zero-order valence-electron chi connectivity index (χ0n) is 12.5. The number of nitrogens with one attached hydrogen (secondary N) is 1. The lowest BCUT2D eigenvalue weighted by molar-refractivity contribution is -0.118. The predicted octanol–water partition coefficient (Wildman–Crippen LogP) is 2.01. The van der Waals surface area contributed by atoms with Crippen LogP contribution in [0.2, 0.25) is 0 Å². The van der Waals surface area contributed by atoms with Crippen molar-refractivity contribution in [3.05, 3.63) is 35.4 Å². The first-order valence-electron chi connectivity index (χ1n) is 7.51. The van der Waals surface area contributed by atoms with E-state index in [-0.39, 0.29) is 16.9 Å². The topological polar surface area (TPSA) is 63.2 Å². The van der Waals surface area contributed by atoms with Crippen LogP contribution in [-0.4, -0.2) is 31.9 Å². The maximum atomic E-state index is 12.1. The summed E-state index contributed by atoms with van der Waals surface area (Å²) in [5, 5.41) is 2.41. The van der Waals surface area contributed by atoms with Crippen LogP contribution in [0.25, 0.3) is 0 Å². The van der Waals surface area contributed by atoms with Crippen LogP contribution in [0, 0.1) is 6.92 Å². The highest BCUT2D eigenvalue weighted by Gasteiger charge is 2.30. The molecule has 1 aliphatic rings. The van der Waals surface area contributed by atoms with Gasteiger partial charge in [-0.1, -0.05) is 42.7 Å². The normalized spacial score (nSPS) is 16.0. The smallest absolute Gasteiger partial charge is 0.235 e. The first-order valence-corrected chi connectivity index (χ1v) is 9.23. The first-order chi connectivity index (χ1) is 9.97. The zero-order chi connectivity index (χ0) is 15.3. The number of hydrogen-bond acceptors (Lipinski definition) is 3. The average Bonchev–Trinajstić information content (AvgIpc) is 2.92. The molecule has 1 saturated carbocycles. The maximum absolute atomic E-state index is 12.1. The van der Waals surface area contributed by atoms with Crippen LogP contribution in [0.15, 0.2) is 24.3 Å². The van der Waals surface area contributed by atoms with Gasteiger partial charge in [0.05, 0.1) is 5.25 Å². The molecule has 1 fully saturated rings. The number of sulfone groups is 1. The molecule has 0 radical (unpaired) electrons. The summed E-state index contributed by atoms with van der Waals surface area (Å²) in [5.41, 5.74) is 2.33. The van der Waals surface area contributed by atoms with Gasteiger partial charge in [-0.2, -0.15) is 0 Å². The summed E-state index contributed by atoms with van der Waals surface area (Å²) in [7, 11) is -3.27. The number of carbonyl (C=O) groups is 1. The highest BCUT2D eigenvalue weighted by molar-refractivity contribution is 7.92. The van der Waals surface area contributed by atoms with Crippen LogP contribution in [0.3, 0.4) is 0 Å². The highest BCUT2D eigenvalue weighted by atomic mass is 32.2. The Kier molecular flexibility index (Phi) is 5.39. The van der Waals surface area contributed by atoms with E-state index in [4.69, 9.17) is 0 Å². The third kappa shape index (κ3) is 4.84. The lowest BCUT2D eigenvalue weighted by Crippen LogP contribution is -2.35. The SMILES string of the molecule is Cc1cccc(CCNC(=O)CS(=O)(=O)C2CCCC2)c1. The molecular weight excluding hydrogens is 286 g/mol. The molecule has 1 N–H and O–H groups in total. The summed E-state index contributed by atoms with van der Waals surface area (Å²) in [6, 6.07) is 8.09. The second kappa shape index (κ2) is 7.07. The second-order valence-corrected chi connectivity index (χ2v) is 8.08. The fourth-order valence-electron chi connectivity index (χ4n) is 2.81. The molecule has 0 aromatic heterocycles. The summed E-state index contributed by atoms with van der Waals surface area (Å²) in [6.45, 7) is 2.50. The minimum absolute atomic E-state index is 0.306. The van der Waals surface area contributed by atoms with Crippen molar-refractivity contribution >= 4 is 15.7 Å². The van der Waals surface area contributed by atoms with Crippen LogP contribution in [0.4, 0.5) is 0 Å². The molecule has 1 amide bonds. The Morgan fingerprint density at radius 2 is 2.00 bits per heavy atom. The van der Waals surface area contributed by atoms with E-state index in [0.29, 0.717) is 19.4 Å². The molecule has 1 aliphatic carbocycles. The van der Waals surface area contributed by atoms with Gasteiger partial charge in [0.1, 0.15) is 5.75 Å². The fraction of sp³-hybridized carbons (Fsp3) is 0.562. The molecule has 116 valence electrons. The van der Waals surface area contributed by atoms with Crippen molar-refractivity contribution < 1.29 is 13.2 Å². The van der Waals surface area contributed by atoms with E-state index in [1.807, 2.05) is 25.1 Å². The molecular formula is C16H23NO3S. The van der Waals surface area contributed by atoms with Crippen molar-refractivity contribution in [2.75, 3.05) is 12.3 Å². The van der Waals surface area contributed by atoms with Gasteiger partial charge in [-0.15, -0.1) is 0 Å². The van der Waals surface area contributed by atoms with E-state index in [2.05, 4.69) is 11.4 Å². The van der Waals surface area contributed by atoms with Crippen molar-refractivity contribution in [2.24, 2.45) is 0 Å². The quantitative estimate of drug-likeness (QED) is 0.874. The number of rotatable bonds is 6. The largest absolute Gasteiger partial charge is 0.355 e. The van der Waals surface area contributed by atoms with Crippen LogP contribution >= 0.6 is 0 Å². The fourth-order valence-corrected chi connectivity index (χ4v) is 4.57. The monoisotopic (exact) mass is 309 g/mol. The Morgan fingerprint density at radius 3 is 2.67 bits per heavy atom. The van der Waals surface area contributed by atoms with Gasteiger partial charge in [0.25, 0.3) is 0 Å². The number of amides is 1. The molecule has 0 unspecified atom stereocenters. The predicted molar refractivity (Wildman–Crippen MR) is 83.9 cm³/mol. The van der Waals surface area contributed by atoms with Crippen LogP contribution < -0.4 is 5.32 Å². The Bertz CT molecular complexity index is 589. The molecule has 0 atom stereocenters. The van der Waals surface area contributed by atoms with Crippen LogP contribution in [0.5, 0.6) is 0 Å². The van der Waals surface area contributed by atoms with E-state index in [1.54, 1.807) is 0 Å². The molecule has 1 aromatic carbocycles.